The second-order valence-electron chi connectivity index (χ2n) is 10.9. The highest BCUT2D eigenvalue weighted by Gasteiger charge is 2.52. The average Bonchev–Trinajstić information content (AvgIpc) is 2.66. The van der Waals surface area contributed by atoms with Crippen LogP contribution in [0.25, 0.3) is 0 Å². The molecule has 2 atom stereocenters. The first-order chi connectivity index (χ1) is 14.4. The van der Waals surface area contributed by atoms with Gasteiger partial charge < -0.3 is 14.9 Å². The van der Waals surface area contributed by atoms with Crippen molar-refractivity contribution in [2.24, 2.45) is 23.7 Å². The van der Waals surface area contributed by atoms with Crippen LogP contribution in [0, 0.1) is 23.7 Å². The van der Waals surface area contributed by atoms with Gasteiger partial charge in [0.15, 0.2) is 0 Å². The summed E-state index contributed by atoms with van der Waals surface area (Å²) in [6, 6.07) is 4.01. The van der Waals surface area contributed by atoms with Crippen LogP contribution >= 0.6 is 0 Å². The Bertz CT molecular complexity index is 822. The Kier molecular flexibility index (Phi) is 4.91. The Morgan fingerprint density at radius 2 is 1.63 bits per heavy atom. The van der Waals surface area contributed by atoms with Gasteiger partial charge in [-0.1, -0.05) is 12.2 Å². The predicted molar refractivity (Wildman–Crippen MR) is 120 cm³/mol. The molecule has 0 amide bonds. The molecule has 4 bridgehead atoms. The molecule has 2 unspecified atom stereocenters. The van der Waals surface area contributed by atoms with Gasteiger partial charge >= 0.3 is 0 Å². The molecule has 1 aromatic rings. The van der Waals surface area contributed by atoms with Gasteiger partial charge in [0.2, 0.25) is 0 Å². The van der Waals surface area contributed by atoms with Crippen LogP contribution in [0.5, 0.6) is 11.5 Å². The van der Waals surface area contributed by atoms with E-state index in [1.54, 1.807) is 7.11 Å². The lowest BCUT2D eigenvalue weighted by Crippen LogP contribution is -2.48. The van der Waals surface area contributed by atoms with Crippen LogP contribution in [0.4, 0.5) is 0 Å². The monoisotopic (exact) mass is 408 g/mol. The maximum Gasteiger partial charge on any atom is 0.123 e. The van der Waals surface area contributed by atoms with Crippen molar-refractivity contribution in [3.8, 4) is 11.5 Å². The number of methoxy groups -OCH3 is 1. The molecule has 5 aliphatic rings. The van der Waals surface area contributed by atoms with Crippen molar-refractivity contribution < 1.29 is 14.9 Å². The summed E-state index contributed by atoms with van der Waals surface area (Å²) >= 11 is 0. The third-order valence-corrected chi connectivity index (χ3v) is 8.82. The number of phenolic OH excluding ortho intramolecular Hbond substituents is 2. The zero-order chi connectivity index (χ0) is 21.0. The van der Waals surface area contributed by atoms with E-state index in [0.717, 1.165) is 42.6 Å². The molecule has 5 aliphatic carbocycles. The van der Waals surface area contributed by atoms with Crippen LogP contribution in [0.3, 0.4) is 0 Å². The standard InChI is InChI=1S/C27H36O3/c1-16(2)22-5-4-17(15-30-3)9-23(22)26-24(28)10-21(11-25(26)29)27-12-18-6-19(13-27)8-20(7-18)14-27/h10-11,15,18-20,22-23,28-29H,1,4-9,12-14H2,2-3H3. The first-order valence-corrected chi connectivity index (χ1v) is 11.8. The summed E-state index contributed by atoms with van der Waals surface area (Å²) in [7, 11) is 1.68. The molecule has 0 spiro atoms. The zero-order valence-electron chi connectivity index (χ0n) is 18.5. The van der Waals surface area contributed by atoms with E-state index in [1.165, 1.54) is 49.7 Å². The summed E-state index contributed by atoms with van der Waals surface area (Å²) in [6.07, 6.45) is 12.5. The van der Waals surface area contributed by atoms with E-state index in [0.29, 0.717) is 5.56 Å². The fourth-order valence-corrected chi connectivity index (χ4v) is 8.01. The van der Waals surface area contributed by atoms with Gasteiger partial charge in [0.25, 0.3) is 0 Å². The van der Waals surface area contributed by atoms with Gasteiger partial charge in [0, 0.05) is 11.5 Å². The lowest BCUT2D eigenvalue weighted by atomic mass is 9.48. The molecule has 0 radical (unpaired) electrons. The van der Waals surface area contributed by atoms with Crippen LogP contribution in [-0.2, 0) is 10.2 Å². The van der Waals surface area contributed by atoms with Gasteiger partial charge in [-0.05, 0) is 117 Å². The fourth-order valence-electron chi connectivity index (χ4n) is 8.01. The summed E-state index contributed by atoms with van der Waals surface area (Å²) in [6.45, 7) is 6.29. The van der Waals surface area contributed by atoms with E-state index in [4.69, 9.17) is 4.74 Å². The van der Waals surface area contributed by atoms with Crippen LogP contribution in [0.2, 0.25) is 0 Å². The number of aromatic hydroxyl groups is 2. The number of hydrogen-bond acceptors (Lipinski definition) is 3. The Morgan fingerprint density at radius 3 is 2.13 bits per heavy atom. The Hall–Kier alpha value is -1.90. The Labute approximate surface area is 180 Å². The van der Waals surface area contributed by atoms with Crippen molar-refractivity contribution in [3.05, 3.63) is 47.2 Å². The minimum Gasteiger partial charge on any atom is -0.508 e. The molecule has 6 rings (SSSR count). The normalized spacial score (nSPS) is 38.7. The summed E-state index contributed by atoms with van der Waals surface area (Å²) in [5.74, 6) is 3.38. The third-order valence-electron chi connectivity index (χ3n) is 8.82. The summed E-state index contributed by atoms with van der Waals surface area (Å²) < 4.78 is 5.27. The van der Waals surface area contributed by atoms with Gasteiger partial charge in [-0.25, -0.2) is 0 Å². The van der Waals surface area contributed by atoms with Gasteiger partial charge in [-0.2, -0.15) is 0 Å². The SMILES string of the molecule is C=C(C)C1CCC(=COC)CC1c1c(O)cc(C23CC4CC(CC(C4)C2)C3)cc1O. The number of ether oxygens (including phenoxy) is 1. The number of hydrogen-bond donors (Lipinski definition) is 2. The topological polar surface area (TPSA) is 49.7 Å². The minimum atomic E-state index is 0.0445. The zero-order valence-corrected chi connectivity index (χ0v) is 18.5. The van der Waals surface area contributed by atoms with Crippen LogP contribution in [0.1, 0.15) is 81.8 Å². The molecule has 0 aliphatic heterocycles. The first kappa shape index (κ1) is 20.0. The molecular weight excluding hydrogens is 372 g/mol. The minimum absolute atomic E-state index is 0.0445. The van der Waals surface area contributed by atoms with E-state index in [1.807, 2.05) is 18.4 Å². The predicted octanol–water partition coefficient (Wildman–Crippen LogP) is 6.56. The number of rotatable bonds is 4. The molecular formula is C27H36O3. The van der Waals surface area contributed by atoms with Crippen LogP contribution in [-0.4, -0.2) is 17.3 Å². The highest BCUT2D eigenvalue weighted by atomic mass is 16.5. The third kappa shape index (κ3) is 3.25. The molecule has 0 saturated heterocycles. The van der Waals surface area contributed by atoms with Gasteiger partial charge in [0.05, 0.1) is 13.4 Å². The molecule has 162 valence electrons. The van der Waals surface area contributed by atoms with Gasteiger partial charge in [-0.3, -0.25) is 0 Å². The summed E-state index contributed by atoms with van der Waals surface area (Å²) in [4.78, 5) is 0. The van der Waals surface area contributed by atoms with Crippen LogP contribution in [0.15, 0.2) is 36.1 Å². The quantitative estimate of drug-likeness (QED) is 0.438. The van der Waals surface area contributed by atoms with E-state index in [2.05, 4.69) is 13.5 Å². The van der Waals surface area contributed by atoms with Gasteiger partial charge in [-0.15, -0.1) is 0 Å². The number of benzene rings is 1. The summed E-state index contributed by atoms with van der Waals surface area (Å²) in [5.41, 5.74) is 4.42. The fraction of sp³-hybridized carbons (Fsp3) is 0.630. The second kappa shape index (κ2) is 7.35. The average molecular weight is 409 g/mol. The van der Waals surface area contributed by atoms with E-state index >= 15 is 0 Å². The summed E-state index contributed by atoms with van der Waals surface area (Å²) in [5, 5.41) is 22.4. The van der Waals surface area contributed by atoms with Crippen molar-refractivity contribution in [3.63, 3.8) is 0 Å². The number of phenols is 2. The molecule has 5 saturated carbocycles. The van der Waals surface area contributed by atoms with Crippen molar-refractivity contribution in [1.82, 2.24) is 0 Å². The lowest BCUT2D eigenvalue weighted by Gasteiger charge is -2.57. The van der Waals surface area contributed by atoms with E-state index in [9.17, 15) is 10.2 Å². The van der Waals surface area contributed by atoms with Crippen LogP contribution < -0.4 is 0 Å². The maximum atomic E-state index is 11.2. The van der Waals surface area contributed by atoms with E-state index < -0.39 is 0 Å². The molecule has 3 nitrogen and oxygen atoms in total. The smallest absolute Gasteiger partial charge is 0.123 e. The molecule has 5 fully saturated rings. The highest BCUT2D eigenvalue weighted by molar-refractivity contribution is 5.52. The van der Waals surface area contributed by atoms with E-state index in [-0.39, 0.29) is 28.7 Å². The molecule has 3 heteroatoms. The van der Waals surface area contributed by atoms with Crippen molar-refractivity contribution in [1.29, 1.82) is 0 Å². The Morgan fingerprint density at radius 1 is 1.07 bits per heavy atom. The molecule has 30 heavy (non-hydrogen) atoms. The first-order valence-electron chi connectivity index (χ1n) is 11.8. The van der Waals surface area contributed by atoms with Crippen molar-refractivity contribution >= 4 is 0 Å². The molecule has 1 aromatic carbocycles. The maximum absolute atomic E-state index is 11.2. The highest BCUT2D eigenvalue weighted by Crippen LogP contribution is 2.61. The van der Waals surface area contributed by atoms with Crippen molar-refractivity contribution in [2.75, 3.05) is 7.11 Å². The lowest BCUT2D eigenvalue weighted by molar-refractivity contribution is -0.00537. The van der Waals surface area contributed by atoms with Crippen molar-refractivity contribution in [2.45, 2.75) is 76.0 Å². The van der Waals surface area contributed by atoms with Gasteiger partial charge in [0.1, 0.15) is 11.5 Å². The Balaban J connectivity index is 1.51. The molecule has 0 aromatic heterocycles. The largest absolute Gasteiger partial charge is 0.508 e. The number of allylic oxidation sites excluding steroid dienone is 2. The molecule has 2 N–H and O–H groups in total. The second-order valence-corrected chi connectivity index (χ2v) is 10.9. The molecule has 0 heterocycles.